The third-order valence-electron chi connectivity index (χ3n) is 3.39. The van der Waals surface area contributed by atoms with Crippen LogP contribution in [0.25, 0.3) is 0 Å². The van der Waals surface area contributed by atoms with Gasteiger partial charge in [-0.1, -0.05) is 13.3 Å². The number of rotatable bonds is 5. The molecule has 0 spiro atoms. The molecule has 1 aromatic heterocycles. The van der Waals surface area contributed by atoms with Crippen molar-refractivity contribution in [3.8, 4) is 0 Å². The minimum absolute atomic E-state index is 0.161. The van der Waals surface area contributed by atoms with E-state index in [0.29, 0.717) is 18.8 Å². The van der Waals surface area contributed by atoms with Crippen LogP contribution in [0.5, 0.6) is 0 Å². The average Bonchev–Trinajstić information content (AvgIpc) is 2.99. The standard InChI is InChI=1S/C13H22N4O2/c1-2-3-7-19-13(18)17-6-4-5-12(17)10-16-9-11(14)8-15-16/h8-9,12H,2-7,10,14H2,1H3. The number of amides is 1. The Morgan fingerprint density at radius 3 is 3.16 bits per heavy atom. The van der Waals surface area contributed by atoms with Gasteiger partial charge < -0.3 is 15.4 Å². The number of nitrogens with two attached hydrogens (primary N) is 1. The van der Waals surface area contributed by atoms with Crippen LogP contribution in [0.3, 0.4) is 0 Å². The lowest BCUT2D eigenvalue weighted by atomic mass is 10.2. The zero-order valence-electron chi connectivity index (χ0n) is 11.4. The zero-order valence-corrected chi connectivity index (χ0v) is 11.4. The maximum atomic E-state index is 12.0. The van der Waals surface area contributed by atoms with E-state index >= 15 is 0 Å². The number of carbonyl (C=O) groups excluding carboxylic acids is 1. The number of unbranched alkanes of at least 4 members (excludes halogenated alkanes) is 1. The molecule has 1 aliphatic rings. The van der Waals surface area contributed by atoms with Crippen LogP contribution in [-0.4, -0.2) is 40.0 Å². The molecule has 2 N–H and O–H groups in total. The zero-order chi connectivity index (χ0) is 13.7. The van der Waals surface area contributed by atoms with Crippen LogP contribution >= 0.6 is 0 Å². The minimum Gasteiger partial charge on any atom is -0.449 e. The van der Waals surface area contributed by atoms with Gasteiger partial charge >= 0.3 is 6.09 Å². The van der Waals surface area contributed by atoms with Gasteiger partial charge in [-0.25, -0.2) is 4.79 Å². The van der Waals surface area contributed by atoms with Crippen LogP contribution < -0.4 is 5.73 Å². The van der Waals surface area contributed by atoms with Gasteiger partial charge in [0.15, 0.2) is 0 Å². The molecule has 2 heterocycles. The Bertz CT molecular complexity index is 419. The number of hydrogen-bond donors (Lipinski definition) is 1. The number of aromatic nitrogens is 2. The summed E-state index contributed by atoms with van der Waals surface area (Å²) < 4.78 is 7.06. The SMILES string of the molecule is CCCCOC(=O)N1CCCC1Cn1cc(N)cn1. The summed E-state index contributed by atoms with van der Waals surface area (Å²) in [6.45, 7) is 4.04. The van der Waals surface area contributed by atoms with Crippen molar-refractivity contribution in [3.63, 3.8) is 0 Å². The van der Waals surface area contributed by atoms with Crippen molar-refractivity contribution in [2.75, 3.05) is 18.9 Å². The molecule has 1 fully saturated rings. The predicted octanol–water partition coefficient (Wildman–Crippen LogP) is 1.87. The molecule has 1 aromatic rings. The molecule has 19 heavy (non-hydrogen) atoms. The van der Waals surface area contributed by atoms with Gasteiger partial charge in [0.05, 0.1) is 31.1 Å². The molecular weight excluding hydrogens is 244 g/mol. The Hall–Kier alpha value is -1.72. The highest BCUT2D eigenvalue weighted by Gasteiger charge is 2.30. The molecule has 6 nitrogen and oxygen atoms in total. The van der Waals surface area contributed by atoms with E-state index in [2.05, 4.69) is 12.0 Å². The van der Waals surface area contributed by atoms with Crippen molar-refractivity contribution in [2.24, 2.45) is 0 Å². The van der Waals surface area contributed by atoms with Crippen LogP contribution in [0.15, 0.2) is 12.4 Å². The first kappa shape index (κ1) is 13.7. The third kappa shape index (κ3) is 3.62. The smallest absolute Gasteiger partial charge is 0.410 e. The summed E-state index contributed by atoms with van der Waals surface area (Å²) in [6, 6.07) is 0.161. The molecule has 1 atom stereocenters. The summed E-state index contributed by atoms with van der Waals surface area (Å²) in [5.74, 6) is 0. The molecule has 106 valence electrons. The highest BCUT2D eigenvalue weighted by atomic mass is 16.6. The lowest BCUT2D eigenvalue weighted by Gasteiger charge is -2.23. The monoisotopic (exact) mass is 266 g/mol. The summed E-state index contributed by atoms with van der Waals surface area (Å²) in [5, 5.41) is 4.16. The van der Waals surface area contributed by atoms with Gasteiger partial charge in [-0.05, 0) is 19.3 Å². The topological polar surface area (TPSA) is 73.4 Å². The van der Waals surface area contributed by atoms with Crippen LogP contribution in [-0.2, 0) is 11.3 Å². The summed E-state index contributed by atoms with van der Waals surface area (Å²) in [6.07, 6.45) is 7.17. The van der Waals surface area contributed by atoms with E-state index in [1.165, 1.54) is 0 Å². The quantitative estimate of drug-likeness (QED) is 0.826. The van der Waals surface area contributed by atoms with Crippen LogP contribution in [0.1, 0.15) is 32.6 Å². The van der Waals surface area contributed by atoms with Crippen molar-refractivity contribution in [2.45, 2.75) is 45.2 Å². The van der Waals surface area contributed by atoms with E-state index in [0.717, 1.165) is 32.2 Å². The fourth-order valence-electron chi connectivity index (χ4n) is 2.35. The largest absolute Gasteiger partial charge is 0.449 e. The summed E-state index contributed by atoms with van der Waals surface area (Å²) in [4.78, 5) is 13.8. The Morgan fingerprint density at radius 2 is 2.47 bits per heavy atom. The highest BCUT2D eigenvalue weighted by molar-refractivity contribution is 5.68. The predicted molar refractivity (Wildman–Crippen MR) is 72.6 cm³/mol. The normalized spacial score (nSPS) is 18.8. The molecule has 0 aromatic carbocycles. The third-order valence-corrected chi connectivity index (χ3v) is 3.39. The van der Waals surface area contributed by atoms with E-state index in [9.17, 15) is 4.79 Å². The van der Waals surface area contributed by atoms with Crippen molar-refractivity contribution >= 4 is 11.8 Å². The molecule has 0 bridgehead atoms. The maximum absolute atomic E-state index is 12.0. The van der Waals surface area contributed by atoms with Gasteiger partial charge in [-0.2, -0.15) is 5.10 Å². The van der Waals surface area contributed by atoms with E-state index in [1.54, 1.807) is 17.1 Å². The van der Waals surface area contributed by atoms with Crippen LogP contribution in [0.4, 0.5) is 10.5 Å². The number of carbonyl (C=O) groups is 1. The Balaban J connectivity index is 1.87. The molecule has 1 unspecified atom stereocenters. The average molecular weight is 266 g/mol. The molecule has 2 rings (SSSR count). The Labute approximate surface area is 113 Å². The molecule has 0 saturated carbocycles. The lowest BCUT2D eigenvalue weighted by molar-refractivity contribution is 0.0936. The molecule has 6 heteroatoms. The van der Waals surface area contributed by atoms with Crippen molar-refractivity contribution in [1.82, 2.24) is 14.7 Å². The van der Waals surface area contributed by atoms with Crippen molar-refractivity contribution in [3.05, 3.63) is 12.4 Å². The van der Waals surface area contributed by atoms with E-state index in [4.69, 9.17) is 10.5 Å². The number of likely N-dealkylation sites (tertiary alicyclic amines) is 1. The molecule has 1 amide bonds. The molecule has 0 radical (unpaired) electrons. The molecule has 1 aliphatic heterocycles. The second-order valence-electron chi connectivity index (χ2n) is 4.95. The fourth-order valence-corrected chi connectivity index (χ4v) is 2.35. The number of ether oxygens (including phenoxy) is 1. The van der Waals surface area contributed by atoms with Gasteiger partial charge in [0.2, 0.25) is 0 Å². The number of hydrogen-bond acceptors (Lipinski definition) is 4. The summed E-state index contributed by atoms with van der Waals surface area (Å²) in [5.41, 5.74) is 6.29. The van der Waals surface area contributed by atoms with Crippen LogP contribution in [0.2, 0.25) is 0 Å². The second-order valence-corrected chi connectivity index (χ2v) is 4.95. The number of nitrogen functional groups attached to an aromatic ring is 1. The fraction of sp³-hybridized carbons (Fsp3) is 0.692. The van der Waals surface area contributed by atoms with Gasteiger partial charge in [-0.15, -0.1) is 0 Å². The summed E-state index contributed by atoms with van der Waals surface area (Å²) in [7, 11) is 0. The van der Waals surface area contributed by atoms with Gasteiger partial charge in [0.25, 0.3) is 0 Å². The maximum Gasteiger partial charge on any atom is 0.410 e. The number of anilines is 1. The van der Waals surface area contributed by atoms with Crippen molar-refractivity contribution in [1.29, 1.82) is 0 Å². The molecule has 0 aliphatic carbocycles. The molecular formula is C13H22N4O2. The van der Waals surface area contributed by atoms with Gasteiger partial charge in [0, 0.05) is 12.7 Å². The van der Waals surface area contributed by atoms with E-state index in [1.807, 2.05) is 4.90 Å². The first-order valence-electron chi connectivity index (χ1n) is 6.92. The minimum atomic E-state index is -0.198. The van der Waals surface area contributed by atoms with Gasteiger partial charge in [0.1, 0.15) is 0 Å². The first-order valence-corrected chi connectivity index (χ1v) is 6.92. The van der Waals surface area contributed by atoms with Gasteiger partial charge in [-0.3, -0.25) is 4.68 Å². The second kappa shape index (κ2) is 6.45. The first-order chi connectivity index (χ1) is 9.20. The molecule has 1 saturated heterocycles. The highest BCUT2D eigenvalue weighted by Crippen LogP contribution is 2.20. The van der Waals surface area contributed by atoms with Crippen molar-refractivity contribution < 1.29 is 9.53 Å². The number of nitrogens with zero attached hydrogens (tertiary/aromatic N) is 3. The Kier molecular flexibility index (Phi) is 4.65. The van der Waals surface area contributed by atoms with E-state index < -0.39 is 0 Å². The van der Waals surface area contributed by atoms with Crippen LogP contribution in [0, 0.1) is 0 Å². The summed E-state index contributed by atoms with van der Waals surface area (Å²) >= 11 is 0. The Morgan fingerprint density at radius 1 is 1.63 bits per heavy atom. The lowest BCUT2D eigenvalue weighted by Crippen LogP contribution is -2.38. The van der Waals surface area contributed by atoms with E-state index in [-0.39, 0.29) is 12.1 Å².